The van der Waals surface area contributed by atoms with Crippen molar-refractivity contribution >= 4 is 11.6 Å². The Balaban J connectivity index is 1.59. The number of nitro groups is 1. The highest BCUT2D eigenvalue weighted by atomic mass is 16.6. The molecule has 1 aliphatic rings. The number of aryl methyl sites for hydroxylation is 1. The number of amides is 1. The van der Waals surface area contributed by atoms with Crippen LogP contribution in [0.1, 0.15) is 31.2 Å². The zero-order valence-electron chi connectivity index (χ0n) is 14.1. The molecule has 0 saturated carbocycles. The molecular formula is C18H22N4O3. The standard InChI is InChI=1S/C18H22N4O3/c23-18(9-11-20-14-17(13-19-20)22(24)25)21-10-5-4-8-16(21)12-15-6-2-1-3-7-15/h1-3,6-7,13-14,16H,4-5,8-12H2/t16-/m0/s1. The molecule has 1 fully saturated rings. The smallest absolute Gasteiger partial charge is 0.306 e. The quantitative estimate of drug-likeness (QED) is 0.597. The second-order valence-electron chi connectivity index (χ2n) is 6.40. The van der Waals surface area contributed by atoms with E-state index >= 15 is 0 Å². The zero-order chi connectivity index (χ0) is 17.6. The minimum Gasteiger partial charge on any atom is -0.339 e. The molecule has 2 aromatic rings. The minimum atomic E-state index is -0.480. The molecule has 0 radical (unpaired) electrons. The summed E-state index contributed by atoms with van der Waals surface area (Å²) in [6.07, 6.45) is 6.96. The number of hydrogen-bond acceptors (Lipinski definition) is 4. The summed E-state index contributed by atoms with van der Waals surface area (Å²) < 4.78 is 1.46. The fourth-order valence-corrected chi connectivity index (χ4v) is 3.35. The highest BCUT2D eigenvalue weighted by molar-refractivity contribution is 5.76. The Bertz CT molecular complexity index is 729. The zero-order valence-corrected chi connectivity index (χ0v) is 14.1. The third-order valence-electron chi connectivity index (χ3n) is 4.65. The number of hydrogen-bond donors (Lipinski definition) is 0. The van der Waals surface area contributed by atoms with Gasteiger partial charge in [-0.3, -0.25) is 19.6 Å². The Morgan fingerprint density at radius 3 is 2.80 bits per heavy atom. The Labute approximate surface area is 146 Å². The summed E-state index contributed by atoms with van der Waals surface area (Å²) in [5.74, 6) is 0.0961. The average molecular weight is 342 g/mol. The summed E-state index contributed by atoms with van der Waals surface area (Å²) in [5, 5.41) is 14.6. The van der Waals surface area contributed by atoms with Crippen molar-refractivity contribution in [3.8, 4) is 0 Å². The molecule has 1 aliphatic heterocycles. The first-order valence-electron chi connectivity index (χ1n) is 8.64. The summed E-state index contributed by atoms with van der Waals surface area (Å²) in [6.45, 7) is 1.15. The first-order chi connectivity index (χ1) is 12.1. The third-order valence-corrected chi connectivity index (χ3v) is 4.65. The van der Waals surface area contributed by atoms with Crippen LogP contribution in [-0.2, 0) is 17.8 Å². The Hall–Kier alpha value is -2.70. The van der Waals surface area contributed by atoms with Crippen molar-refractivity contribution in [2.45, 2.75) is 44.7 Å². The number of nitrogens with zero attached hydrogens (tertiary/aromatic N) is 4. The fourth-order valence-electron chi connectivity index (χ4n) is 3.35. The van der Waals surface area contributed by atoms with Gasteiger partial charge >= 0.3 is 5.69 Å². The molecule has 0 N–H and O–H groups in total. The summed E-state index contributed by atoms with van der Waals surface area (Å²) in [4.78, 5) is 24.9. The van der Waals surface area contributed by atoms with Gasteiger partial charge < -0.3 is 4.90 Å². The van der Waals surface area contributed by atoms with Crippen molar-refractivity contribution < 1.29 is 9.72 Å². The second-order valence-corrected chi connectivity index (χ2v) is 6.40. The minimum absolute atomic E-state index is 0.0487. The maximum atomic E-state index is 12.7. The van der Waals surface area contributed by atoms with Crippen LogP contribution in [0.15, 0.2) is 42.7 Å². The number of rotatable bonds is 6. The number of piperidine rings is 1. The molecule has 0 spiro atoms. The van der Waals surface area contributed by atoms with Gasteiger partial charge in [-0.25, -0.2) is 0 Å². The number of carbonyl (C=O) groups is 1. The fraction of sp³-hybridized carbons (Fsp3) is 0.444. The van der Waals surface area contributed by atoms with Gasteiger partial charge in [0.15, 0.2) is 0 Å². The monoisotopic (exact) mass is 342 g/mol. The van der Waals surface area contributed by atoms with Crippen molar-refractivity contribution in [2.24, 2.45) is 0 Å². The number of carbonyl (C=O) groups excluding carboxylic acids is 1. The molecule has 0 aliphatic carbocycles. The van der Waals surface area contributed by atoms with E-state index in [9.17, 15) is 14.9 Å². The molecule has 1 atom stereocenters. The highest BCUT2D eigenvalue weighted by Gasteiger charge is 2.26. The molecule has 1 amide bonds. The van der Waals surface area contributed by atoms with Gasteiger partial charge in [-0.05, 0) is 31.2 Å². The lowest BCUT2D eigenvalue weighted by atomic mass is 9.95. The number of likely N-dealkylation sites (tertiary alicyclic amines) is 1. The van der Waals surface area contributed by atoms with Crippen molar-refractivity contribution in [1.82, 2.24) is 14.7 Å². The van der Waals surface area contributed by atoms with Crippen LogP contribution in [0, 0.1) is 10.1 Å². The van der Waals surface area contributed by atoms with Gasteiger partial charge in [-0.15, -0.1) is 0 Å². The molecule has 25 heavy (non-hydrogen) atoms. The van der Waals surface area contributed by atoms with Gasteiger partial charge in [0, 0.05) is 25.6 Å². The van der Waals surface area contributed by atoms with Crippen molar-refractivity contribution in [2.75, 3.05) is 6.54 Å². The Kier molecular flexibility index (Phi) is 5.42. The van der Waals surface area contributed by atoms with E-state index in [1.165, 1.54) is 22.6 Å². The maximum absolute atomic E-state index is 12.7. The molecule has 0 bridgehead atoms. The van der Waals surface area contributed by atoms with Crippen LogP contribution in [0.2, 0.25) is 0 Å². The third kappa shape index (κ3) is 4.43. The number of benzene rings is 1. The predicted molar refractivity (Wildman–Crippen MR) is 93.0 cm³/mol. The van der Waals surface area contributed by atoms with Crippen molar-refractivity contribution in [3.63, 3.8) is 0 Å². The van der Waals surface area contributed by atoms with Gasteiger partial charge in [0.1, 0.15) is 12.4 Å². The average Bonchev–Trinajstić information content (AvgIpc) is 3.10. The van der Waals surface area contributed by atoms with Gasteiger partial charge in [0.05, 0.1) is 4.92 Å². The molecule has 132 valence electrons. The molecule has 1 aromatic carbocycles. The lowest BCUT2D eigenvalue weighted by molar-refractivity contribution is -0.385. The van der Waals surface area contributed by atoms with Crippen LogP contribution in [-0.4, -0.2) is 38.1 Å². The molecule has 1 saturated heterocycles. The van der Waals surface area contributed by atoms with Gasteiger partial charge in [-0.2, -0.15) is 5.10 Å². The number of aromatic nitrogens is 2. The van der Waals surface area contributed by atoms with E-state index in [0.717, 1.165) is 32.2 Å². The molecule has 7 nitrogen and oxygen atoms in total. The van der Waals surface area contributed by atoms with Crippen LogP contribution >= 0.6 is 0 Å². The van der Waals surface area contributed by atoms with Gasteiger partial charge in [0.2, 0.25) is 5.91 Å². The van der Waals surface area contributed by atoms with Crippen LogP contribution < -0.4 is 0 Å². The van der Waals surface area contributed by atoms with Crippen molar-refractivity contribution in [3.05, 3.63) is 58.4 Å². The van der Waals surface area contributed by atoms with E-state index in [2.05, 4.69) is 17.2 Å². The topological polar surface area (TPSA) is 81.3 Å². The summed E-state index contributed by atoms with van der Waals surface area (Å²) >= 11 is 0. The largest absolute Gasteiger partial charge is 0.339 e. The summed E-state index contributed by atoms with van der Waals surface area (Å²) in [5.41, 5.74) is 1.20. The van der Waals surface area contributed by atoms with Crippen molar-refractivity contribution in [1.29, 1.82) is 0 Å². The maximum Gasteiger partial charge on any atom is 0.306 e. The van der Waals surface area contributed by atoms with E-state index in [1.54, 1.807) is 0 Å². The first-order valence-corrected chi connectivity index (χ1v) is 8.64. The lowest BCUT2D eigenvalue weighted by Crippen LogP contribution is -2.45. The van der Waals surface area contributed by atoms with E-state index in [-0.39, 0.29) is 17.6 Å². The molecule has 3 rings (SSSR count). The van der Waals surface area contributed by atoms with E-state index in [1.807, 2.05) is 23.1 Å². The second kappa shape index (κ2) is 7.92. The molecule has 2 heterocycles. The lowest BCUT2D eigenvalue weighted by Gasteiger charge is -2.36. The molecule has 1 aromatic heterocycles. The first kappa shape index (κ1) is 17.1. The normalized spacial score (nSPS) is 17.4. The predicted octanol–water partition coefficient (Wildman–Crippen LogP) is 2.81. The van der Waals surface area contributed by atoms with Gasteiger partial charge in [0.25, 0.3) is 0 Å². The summed E-state index contributed by atoms with van der Waals surface area (Å²) in [7, 11) is 0. The van der Waals surface area contributed by atoms with Gasteiger partial charge in [-0.1, -0.05) is 30.3 Å². The molecular weight excluding hydrogens is 320 g/mol. The SMILES string of the molecule is O=C(CCn1cc([N+](=O)[O-])cn1)N1CCCC[C@H]1Cc1ccccc1. The van der Waals surface area contributed by atoms with Crippen LogP contribution in [0.4, 0.5) is 5.69 Å². The molecule has 0 unspecified atom stereocenters. The summed E-state index contributed by atoms with van der Waals surface area (Å²) in [6, 6.07) is 10.5. The molecule has 7 heteroatoms. The van der Waals surface area contributed by atoms with Crippen LogP contribution in [0.5, 0.6) is 0 Å². The Morgan fingerprint density at radius 2 is 2.08 bits per heavy atom. The van der Waals surface area contributed by atoms with E-state index in [0.29, 0.717) is 13.0 Å². The van der Waals surface area contributed by atoms with E-state index < -0.39 is 4.92 Å². The van der Waals surface area contributed by atoms with E-state index in [4.69, 9.17) is 0 Å². The van der Waals surface area contributed by atoms with Crippen LogP contribution in [0.3, 0.4) is 0 Å². The Morgan fingerprint density at radius 1 is 1.28 bits per heavy atom. The van der Waals surface area contributed by atoms with Crippen LogP contribution in [0.25, 0.3) is 0 Å². The highest BCUT2D eigenvalue weighted by Crippen LogP contribution is 2.22.